The van der Waals surface area contributed by atoms with Gasteiger partial charge in [0, 0.05) is 81.3 Å². The first-order valence-corrected chi connectivity index (χ1v) is 27.3. The van der Waals surface area contributed by atoms with Crippen molar-refractivity contribution in [2.45, 2.75) is 87.0 Å². The Bertz CT molecular complexity index is 3020. The van der Waals surface area contributed by atoms with Crippen LogP contribution in [0.4, 0.5) is 28.4 Å². The molecule has 1 saturated carbocycles. The number of amides is 1. The predicted molar refractivity (Wildman–Crippen MR) is 274 cm³/mol. The molecule has 0 bridgehead atoms. The summed E-state index contributed by atoms with van der Waals surface area (Å²) in [6.45, 7) is 12.7. The number of benzene rings is 3. The smallest absolute Gasteiger partial charge is 0.297 e. The number of anilines is 4. The number of rotatable bonds is 11. The number of nitrogens with zero attached hydrogens (tertiary/aromatic N) is 6. The van der Waals surface area contributed by atoms with E-state index in [1.54, 1.807) is 6.07 Å². The van der Waals surface area contributed by atoms with Gasteiger partial charge in [0.2, 0.25) is 5.88 Å². The second kappa shape index (κ2) is 19.3. The molecule has 1 amide bonds. The molecule has 4 saturated heterocycles. The largest absolute Gasteiger partial charge is 0.489 e. The van der Waals surface area contributed by atoms with Crippen LogP contribution < -0.4 is 29.3 Å². The normalized spacial score (nSPS) is 24.4. The molecule has 20 heteroatoms. The van der Waals surface area contributed by atoms with Gasteiger partial charge in [-0.1, -0.05) is 38.1 Å². The van der Waals surface area contributed by atoms with Gasteiger partial charge in [-0.2, -0.15) is 4.98 Å². The molecule has 3 aromatic carbocycles. The van der Waals surface area contributed by atoms with Crippen molar-refractivity contribution in [2.24, 2.45) is 5.41 Å². The Morgan fingerprint density at radius 1 is 0.918 bits per heavy atom. The van der Waals surface area contributed by atoms with Crippen LogP contribution in [-0.4, -0.2) is 149 Å². The Morgan fingerprint density at radius 2 is 1.71 bits per heavy atom. The summed E-state index contributed by atoms with van der Waals surface area (Å²) in [4.78, 5) is 43.6. The van der Waals surface area contributed by atoms with Gasteiger partial charge >= 0.3 is 0 Å². The number of pyridine rings is 1. The lowest BCUT2D eigenvalue weighted by Crippen LogP contribution is -2.58. The molecule has 2 aromatic heterocycles. The van der Waals surface area contributed by atoms with E-state index in [-0.39, 0.29) is 47.1 Å². The fourth-order valence-corrected chi connectivity index (χ4v) is 13.5. The van der Waals surface area contributed by atoms with Crippen molar-refractivity contribution >= 4 is 55.4 Å². The van der Waals surface area contributed by atoms with E-state index >= 15 is 0 Å². The van der Waals surface area contributed by atoms with Crippen LogP contribution in [0.5, 0.6) is 11.6 Å². The maximum atomic E-state index is 14.8. The highest BCUT2D eigenvalue weighted by molar-refractivity contribution is 7.90. The molecule has 4 atom stereocenters. The van der Waals surface area contributed by atoms with Crippen molar-refractivity contribution in [3.8, 4) is 11.6 Å². The molecule has 3 N–H and O–H groups in total. The summed E-state index contributed by atoms with van der Waals surface area (Å²) < 4.78 is 61.0. The highest BCUT2D eigenvalue weighted by Gasteiger charge is 2.50. The standard InChI is InChI=1S/C53H63N9O10S/c1-33(2)39-5-3-4-6-40(39)46-31-70-22-18-60(46)37-27-53(28-37)11-14-59(15-12-53)36-7-8-41(43(24-36)61-42-10-19-69-32-48(42)72-52-45(61)23-34-9-13-54-50(34)56-52)51(63)57-73(66,67)38-25-44(62(64)65)49-47(26-38)71-30-35(55-49)29-58-16-20-68-21-17-58/h3-9,13,23-26,33,35,37,42,46,48,55H,10-12,14-22,27-32H2,1-2H3,(H,54,56)(H,57,63)/t35-,42-,46-,48-/m0/s1. The third-order valence-electron chi connectivity index (χ3n) is 16.4. The van der Waals surface area contributed by atoms with Crippen LogP contribution in [-0.2, 0) is 24.2 Å². The van der Waals surface area contributed by atoms with E-state index in [4.69, 9.17) is 28.7 Å². The van der Waals surface area contributed by atoms with Crippen LogP contribution in [0.3, 0.4) is 0 Å². The number of carbonyl (C=O) groups excluding carboxylic acids is 1. The molecule has 12 rings (SSSR count). The molecule has 73 heavy (non-hydrogen) atoms. The number of nitro groups is 1. The van der Waals surface area contributed by atoms with Gasteiger partial charge in [0.1, 0.15) is 24.0 Å². The van der Waals surface area contributed by atoms with Gasteiger partial charge in [0.05, 0.1) is 72.2 Å². The second-order valence-corrected chi connectivity index (χ2v) is 22.8. The van der Waals surface area contributed by atoms with Crippen LogP contribution in [0.15, 0.2) is 77.8 Å². The quantitative estimate of drug-likeness (QED) is 0.0927. The Balaban J connectivity index is 0.830. The third kappa shape index (κ3) is 9.13. The van der Waals surface area contributed by atoms with E-state index in [0.29, 0.717) is 80.9 Å². The summed E-state index contributed by atoms with van der Waals surface area (Å²) in [6, 6.07) is 20.7. The Labute approximate surface area is 424 Å². The molecule has 0 unspecified atom stereocenters. The van der Waals surface area contributed by atoms with Crippen molar-refractivity contribution in [1.29, 1.82) is 0 Å². The number of hydrogen-bond donors (Lipinski definition) is 3. The third-order valence-corrected chi connectivity index (χ3v) is 17.7. The summed E-state index contributed by atoms with van der Waals surface area (Å²) in [5.41, 5.74) is 5.41. The number of aromatic nitrogens is 2. The van der Waals surface area contributed by atoms with Crippen molar-refractivity contribution in [3.63, 3.8) is 0 Å². The highest BCUT2D eigenvalue weighted by atomic mass is 32.2. The molecular weight excluding hydrogens is 955 g/mol. The van der Waals surface area contributed by atoms with Crippen molar-refractivity contribution in [2.75, 3.05) is 101 Å². The Kier molecular flexibility index (Phi) is 12.7. The summed E-state index contributed by atoms with van der Waals surface area (Å²) in [5, 5.41) is 16.6. The fourth-order valence-electron chi connectivity index (χ4n) is 12.5. The van der Waals surface area contributed by atoms with E-state index in [1.165, 1.54) is 17.2 Å². The minimum absolute atomic E-state index is 0.0165. The fraction of sp³-hybridized carbons (Fsp3) is 0.509. The van der Waals surface area contributed by atoms with E-state index < -0.39 is 37.5 Å². The lowest BCUT2D eigenvalue weighted by Gasteiger charge is -2.57. The molecule has 7 aliphatic rings. The van der Waals surface area contributed by atoms with Gasteiger partial charge in [0.15, 0.2) is 11.4 Å². The molecule has 5 fully saturated rings. The Hall–Kier alpha value is -6.03. The highest BCUT2D eigenvalue weighted by Crippen LogP contribution is 2.54. The molecule has 19 nitrogen and oxygen atoms in total. The van der Waals surface area contributed by atoms with E-state index in [0.717, 1.165) is 82.2 Å². The molecule has 6 aliphatic heterocycles. The van der Waals surface area contributed by atoms with Crippen molar-refractivity contribution in [3.05, 3.63) is 99.7 Å². The zero-order chi connectivity index (χ0) is 50.0. The van der Waals surface area contributed by atoms with Gasteiger partial charge < -0.3 is 43.8 Å². The first kappa shape index (κ1) is 47.9. The van der Waals surface area contributed by atoms with Gasteiger partial charge in [-0.3, -0.25) is 24.7 Å². The lowest BCUT2D eigenvalue weighted by molar-refractivity contribution is -0.384. The summed E-state index contributed by atoms with van der Waals surface area (Å²) in [5.74, 6) is -0.0866. The Morgan fingerprint density at radius 3 is 2.52 bits per heavy atom. The number of carbonyl (C=O) groups is 1. The summed E-state index contributed by atoms with van der Waals surface area (Å²) in [7, 11) is -4.70. The number of nitro benzene ring substituents is 1. The number of morpholine rings is 2. The minimum Gasteiger partial charge on any atom is -0.489 e. The maximum absolute atomic E-state index is 14.8. The summed E-state index contributed by atoms with van der Waals surface area (Å²) >= 11 is 0. The van der Waals surface area contributed by atoms with Gasteiger partial charge in [0.25, 0.3) is 21.6 Å². The number of ether oxygens (including phenoxy) is 5. The van der Waals surface area contributed by atoms with Crippen LogP contribution in [0.25, 0.3) is 11.0 Å². The van der Waals surface area contributed by atoms with Gasteiger partial charge in [-0.15, -0.1) is 0 Å². The molecule has 386 valence electrons. The van der Waals surface area contributed by atoms with E-state index in [9.17, 15) is 23.3 Å². The number of fused-ring (bicyclic) bond motifs is 4. The topological polar surface area (TPSA) is 206 Å². The second-order valence-electron chi connectivity index (χ2n) is 21.1. The predicted octanol–water partition coefficient (Wildman–Crippen LogP) is 6.73. The minimum atomic E-state index is -4.70. The average Bonchev–Trinajstić information content (AvgIpc) is 3.86. The number of aromatic amines is 1. The summed E-state index contributed by atoms with van der Waals surface area (Å²) in [6.07, 6.45) is 6.27. The monoisotopic (exact) mass is 1020 g/mol. The molecule has 5 aromatic rings. The van der Waals surface area contributed by atoms with Crippen LogP contribution in [0.1, 0.15) is 79.4 Å². The molecule has 1 spiro atoms. The lowest BCUT2D eigenvalue weighted by atomic mass is 9.59. The van der Waals surface area contributed by atoms with Crippen LogP contribution in [0, 0.1) is 15.5 Å². The molecule has 0 radical (unpaired) electrons. The van der Waals surface area contributed by atoms with Crippen molar-refractivity contribution in [1.82, 2.24) is 24.5 Å². The number of nitrogens with one attached hydrogen (secondary N) is 3. The molecule has 1 aliphatic carbocycles. The number of H-pyrrole nitrogens is 1. The van der Waals surface area contributed by atoms with E-state index in [1.807, 2.05) is 30.5 Å². The maximum Gasteiger partial charge on any atom is 0.297 e. The number of sulfonamides is 1. The van der Waals surface area contributed by atoms with Gasteiger partial charge in [-0.25, -0.2) is 13.1 Å². The number of hydrogen-bond acceptors (Lipinski definition) is 16. The zero-order valence-corrected chi connectivity index (χ0v) is 42.1. The first-order valence-electron chi connectivity index (χ1n) is 25.8. The van der Waals surface area contributed by atoms with Crippen LogP contribution >= 0.6 is 0 Å². The van der Waals surface area contributed by atoms with E-state index in [2.05, 4.69) is 72.7 Å². The van der Waals surface area contributed by atoms with Gasteiger partial charge in [-0.05, 0) is 84.9 Å². The van der Waals surface area contributed by atoms with Crippen molar-refractivity contribution < 1.29 is 41.8 Å². The van der Waals surface area contributed by atoms with Crippen LogP contribution in [0.2, 0.25) is 0 Å². The average molecular weight is 1020 g/mol. The zero-order valence-electron chi connectivity index (χ0n) is 41.3. The number of piperidine rings is 1. The SMILES string of the molecule is CC(C)c1ccccc1[C@@H]1COCCN1C1CC2(CCN(c3ccc(C(=O)NS(=O)(=O)c4cc5c(c([N+](=O)[O-])c4)N[C@@H](CN4CCOCC4)CO5)c(N4c5cc6cc[nH]c6nc5O[C@H]5COCC[C@@H]54)c3)CC2)C1. The molecular formula is C53H63N9O10S. The molecule has 8 heterocycles. The first-order chi connectivity index (χ1) is 35.4.